The van der Waals surface area contributed by atoms with Crippen LogP contribution in [0.2, 0.25) is 0 Å². The number of methoxy groups -OCH3 is 1. The number of anilines is 1. The SMILES string of the molecule is COc1cc2c(cc1OCCCN1CCN(c3ccc(C(F)(F)F)cc3)CC1)CCC2. The van der Waals surface area contributed by atoms with E-state index in [0.717, 1.165) is 81.3 Å². The summed E-state index contributed by atoms with van der Waals surface area (Å²) in [5.41, 5.74) is 2.99. The zero-order chi connectivity index (χ0) is 21.8. The second-order valence-corrected chi connectivity index (χ2v) is 8.20. The number of fused-ring (bicyclic) bond motifs is 1. The summed E-state index contributed by atoms with van der Waals surface area (Å²) in [4.78, 5) is 4.52. The Kier molecular flexibility index (Phi) is 6.60. The predicted molar refractivity (Wildman–Crippen MR) is 115 cm³/mol. The number of benzene rings is 2. The van der Waals surface area contributed by atoms with Crippen molar-refractivity contribution in [1.29, 1.82) is 0 Å². The molecule has 0 spiro atoms. The summed E-state index contributed by atoms with van der Waals surface area (Å²) in [7, 11) is 1.68. The molecule has 0 atom stereocenters. The molecule has 0 bridgehead atoms. The van der Waals surface area contributed by atoms with E-state index < -0.39 is 11.7 Å². The number of hydrogen-bond donors (Lipinski definition) is 0. The molecule has 2 aromatic carbocycles. The molecule has 2 aliphatic rings. The summed E-state index contributed by atoms with van der Waals surface area (Å²) in [5.74, 6) is 1.64. The lowest BCUT2D eigenvalue weighted by molar-refractivity contribution is -0.137. The van der Waals surface area contributed by atoms with Gasteiger partial charge in [-0.15, -0.1) is 0 Å². The van der Waals surface area contributed by atoms with Crippen molar-refractivity contribution < 1.29 is 22.6 Å². The van der Waals surface area contributed by atoms with Gasteiger partial charge in [0.2, 0.25) is 0 Å². The first-order chi connectivity index (χ1) is 14.9. The molecular weight excluding hydrogens is 405 g/mol. The molecule has 1 aliphatic heterocycles. The van der Waals surface area contributed by atoms with Crippen molar-refractivity contribution in [2.24, 2.45) is 0 Å². The summed E-state index contributed by atoms with van der Waals surface area (Å²) < 4.78 is 49.7. The Bertz CT molecular complexity index is 876. The highest BCUT2D eigenvalue weighted by atomic mass is 19.4. The van der Waals surface area contributed by atoms with Gasteiger partial charge in [-0.25, -0.2) is 0 Å². The zero-order valence-electron chi connectivity index (χ0n) is 17.9. The molecule has 1 fully saturated rings. The number of hydrogen-bond acceptors (Lipinski definition) is 4. The van der Waals surface area contributed by atoms with Crippen LogP contribution < -0.4 is 14.4 Å². The van der Waals surface area contributed by atoms with Crippen LogP contribution in [0.3, 0.4) is 0 Å². The molecule has 0 saturated carbocycles. The topological polar surface area (TPSA) is 24.9 Å². The van der Waals surface area contributed by atoms with Gasteiger partial charge in [-0.1, -0.05) is 0 Å². The van der Waals surface area contributed by atoms with Gasteiger partial charge in [-0.05, 0) is 73.2 Å². The van der Waals surface area contributed by atoms with Crippen LogP contribution in [0.25, 0.3) is 0 Å². The van der Waals surface area contributed by atoms with E-state index in [2.05, 4.69) is 21.9 Å². The van der Waals surface area contributed by atoms with Gasteiger partial charge >= 0.3 is 6.18 Å². The first-order valence-corrected chi connectivity index (χ1v) is 10.9. The van der Waals surface area contributed by atoms with Crippen molar-refractivity contribution in [2.45, 2.75) is 31.9 Å². The molecule has 168 valence electrons. The summed E-state index contributed by atoms with van der Waals surface area (Å²) in [5, 5.41) is 0. The molecule has 0 aromatic heterocycles. The van der Waals surface area contributed by atoms with E-state index in [0.29, 0.717) is 6.61 Å². The van der Waals surface area contributed by atoms with E-state index in [-0.39, 0.29) is 0 Å². The quantitative estimate of drug-likeness (QED) is 0.585. The maximum absolute atomic E-state index is 12.7. The minimum atomic E-state index is -4.29. The van der Waals surface area contributed by atoms with Gasteiger partial charge in [0, 0.05) is 38.4 Å². The van der Waals surface area contributed by atoms with Gasteiger partial charge in [-0.2, -0.15) is 13.2 Å². The molecular formula is C24H29F3N2O2. The normalized spacial score (nSPS) is 17.0. The van der Waals surface area contributed by atoms with Gasteiger partial charge in [0.15, 0.2) is 11.5 Å². The van der Waals surface area contributed by atoms with Crippen molar-refractivity contribution in [1.82, 2.24) is 4.90 Å². The summed E-state index contributed by atoms with van der Waals surface area (Å²) >= 11 is 0. The number of rotatable bonds is 7. The monoisotopic (exact) mass is 434 g/mol. The third-order valence-corrected chi connectivity index (χ3v) is 6.19. The van der Waals surface area contributed by atoms with Crippen molar-refractivity contribution in [2.75, 3.05) is 51.3 Å². The molecule has 2 aromatic rings. The average Bonchev–Trinajstić information content (AvgIpc) is 3.23. The number of halogens is 3. The maximum Gasteiger partial charge on any atom is 0.416 e. The molecule has 1 saturated heterocycles. The highest BCUT2D eigenvalue weighted by molar-refractivity contribution is 5.49. The standard InChI is InChI=1S/C24H29F3N2O2/c1-30-22-16-18-4-2-5-19(18)17-23(22)31-15-3-10-28-11-13-29(14-12-28)21-8-6-20(7-9-21)24(25,26)27/h6-9,16-17H,2-5,10-15H2,1H3. The number of alkyl halides is 3. The highest BCUT2D eigenvalue weighted by Gasteiger charge is 2.30. The van der Waals surface area contributed by atoms with E-state index in [1.54, 1.807) is 19.2 Å². The van der Waals surface area contributed by atoms with Crippen molar-refractivity contribution in [3.63, 3.8) is 0 Å². The third-order valence-electron chi connectivity index (χ3n) is 6.19. The smallest absolute Gasteiger partial charge is 0.416 e. The lowest BCUT2D eigenvalue weighted by Gasteiger charge is -2.36. The molecule has 1 aliphatic carbocycles. The van der Waals surface area contributed by atoms with Crippen LogP contribution >= 0.6 is 0 Å². The van der Waals surface area contributed by atoms with Gasteiger partial charge in [0.05, 0.1) is 19.3 Å². The zero-order valence-corrected chi connectivity index (χ0v) is 17.9. The van der Waals surface area contributed by atoms with Crippen LogP contribution in [0.4, 0.5) is 18.9 Å². The van der Waals surface area contributed by atoms with Crippen molar-refractivity contribution in [3.8, 4) is 11.5 Å². The van der Waals surface area contributed by atoms with Crippen LogP contribution in [0.15, 0.2) is 36.4 Å². The van der Waals surface area contributed by atoms with Crippen LogP contribution in [0, 0.1) is 0 Å². The van der Waals surface area contributed by atoms with E-state index in [4.69, 9.17) is 9.47 Å². The van der Waals surface area contributed by atoms with Crippen LogP contribution in [0.5, 0.6) is 11.5 Å². The lowest BCUT2D eigenvalue weighted by Crippen LogP contribution is -2.46. The maximum atomic E-state index is 12.7. The Balaban J connectivity index is 1.21. The van der Waals surface area contributed by atoms with Crippen molar-refractivity contribution >= 4 is 5.69 Å². The second-order valence-electron chi connectivity index (χ2n) is 8.20. The van der Waals surface area contributed by atoms with Crippen LogP contribution in [0.1, 0.15) is 29.5 Å². The average molecular weight is 435 g/mol. The molecule has 1 heterocycles. The lowest BCUT2D eigenvalue weighted by atomic mass is 10.1. The fourth-order valence-electron chi connectivity index (χ4n) is 4.41. The Hall–Kier alpha value is -2.41. The molecule has 31 heavy (non-hydrogen) atoms. The minimum absolute atomic E-state index is 0.602. The van der Waals surface area contributed by atoms with E-state index in [9.17, 15) is 13.2 Å². The molecule has 4 rings (SSSR count). The van der Waals surface area contributed by atoms with E-state index in [1.807, 2.05) is 0 Å². The molecule has 7 heteroatoms. The van der Waals surface area contributed by atoms with Crippen LogP contribution in [-0.2, 0) is 19.0 Å². The Morgan fingerprint density at radius 3 is 2.16 bits per heavy atom. The molecule has 0 amide bonds. The fourth-order valence-corrected chi connectivity index (χ4v) is 4.41. The summed E-state index contributed by atoms with van der Waals surface area (Å²) in [6, 6.07) is 9.69. The first-order valence-electron chi connectivity index (χ1n) is 10.9. The minimum Gasteiger partial charge on any atom is -0.493 e. The number of ether oxygens (including phenoxy) is 2. The van der Waals surface area contributed by atoms with Gasteiger partial charge in [-0.3, -0.25) is 4.90 Å². The van der Waals surface area contributed by atoms with E-state index >= 15 is 0 Å². The first kappa shape index (κ1) is 21.8. The van der Waals surface area contributed by atoms with Gasteiger partial charge in [0.1, 0.15) is 0 Å². The molecule has 0 N–H and O–H groups in total. The second kappa shape index (κ2) is 9.39. The number of aryl methyl sites for hydroxylation is 2. The number of nitrogens with zero attached hydrogens (tertiary/aromatic N) is 2. The third kappa shape index (κ3) is 5.26. The molecule has 4 nitrogen and oxygen atoms in total. The van der Waals surface area contributed by atoms with E-state index in [1.165, 1.54) is 17.5 Å². The van der Waals surface area contributed by atoms with Gasteiger partial charge in [0.25, 0.3) is 0 Å². The summed E-state index contributed by atoms with van der Waals surface area (Å²) in [6.45, 7) is 4.98. The number of piperazine rings is 1. The fraction of sp³-hybridized carbons (Fsp3) is 0.500. The largest absolute Gasteiger partial charge is 0.493 e. The highest BCUT2D eigenvalue weighted by Crippen LogP contribution is 2.35. The van der Waals surface area contributed by atoms with Crippen LogP contribution in [-0.4, -0.2) is 51.3 Å². The molecule has 0 unspecified atom stereocenters. The Morgan fingerprint density at radius 2 is 1.55 bits per heavy atom. The van der Waals surface area contributed by atoms with Gasteiger partial charge < -0.3 is 14.4 Å². The predicted octanol–water partition coefficient (Wildman–Crippen LogP) is 4.79. The Labute approximate surface area is 181 Å². The molecule has 0 radical (unpaired) electrons. The Morgan fingerprint density at radius 1 is 0.903 bits per heavy atom. The van der Waals surface area contributed by atoms with Crippen molar-refractivity contribution in [3.05, 3.63) is 53.1 Å². The summed E-state index contributed by atoms with van der Waals surface area (Å²) in [6.07, 6.45) is 0.0490.